The van der Waals surface area contributed by atoms with Gasteiger partial charge in [-0.15, -0.1) is 0 Å². The summed E-state index contributed by atoms with van der Waals surface area (Å²) in [5, 5.41) is 7.63. The van der Waals surface area contributed by atoms with Crippen molar-refractivity contribution in [1.29, 1.82) is 0 Å². The van der Waals surface area contributed by atoms with Crippen LogP contribution in [0, 0.1) is 0 Å². The molecule has 0 unspecified atom stereocenters. The van der Waals surface area contributed by atoms with E-state index in [4.69, 9.17) is 5.11 Å². The van der Waals surface area contributed by atoms with Gasteiger partial charge in [0.1, 0.15) is 0 Å². The molecule has 0 aromatic heterocycles. The lowest BCUT2D eigenvalue weighted by Crippen LogP contribution is -2.60. The highest BCUT2D eigenvalue weighted by Crippen LogP contribution is 2.48. The Labute approximate surface area is 88.0 Å². The van der Waals surface area contributed by atoms with E-state index in [2.05, 4.69) is 4.74 Å². The summed E-state index contributed by atoms with van der Waals surface area (Å²) in [4.78, 5) is 9.67. The summed E-state index contributed by atoms with van der Waals surface area (Å²) in [5.41, 5.74) is 0. The fraction of sp³-hybridized carbons (Fsp3) is 0.833. The Morgan fingerprint density at radius 3 is 1.59 bits per heavy atom. The normalized spacial score (nSPS) is 14.9. The van der Waals surface area contributed by atoms with E-state index in [0.717, 1.165) is 0 Å². The molecule has 0 rings (SSSR count). The molecular weight excluding hydrogens is 272 g/mol. The van der Waals surface area contributed by atoms with E-state index < -0.39 is 37.0 Å². The van der Waals surface area contributed by atoms with Crippen LogP contribution in [-0.2, 0) is 9.53 Å². The SMILES string of the molecule is CC(F)(F)OC(F)(F)C(F)(F)C(F)(F)C(=O)O. The Kier molecular flexibility index (Phi) is 3.70. The molecule has 17 heavy (non-hydrogen) atoms. The minimum atomic E-state index is -6.65. The topological polar surface area (TPSA) is 46.5 Å². The fourth-order valence-corrected chi connectivity index (χ4v) is 0.606. The molecule has 1 N–H and O–H groups in total. The van der Waals surface area contributed by atoms with E-state index >= 15 is 0 Å². The van der Waals surface area contributed by atoms with Gasteiger partial charge in [-0.2, -0.15) is 35.1 Å². The van der Waals surface area contributed by atoms with Crippen LogP contribution in [0.3, 0.4) is 0 Å². The Morgan fingerprint density at radius 1 is 1.00 bits per heavy atom. The second-order valence-electron chi connectivity index (χ2n) is 2.88. The predicted molar refractivity (Wildman–Crippen MR) is 34.2 cm³/mol. The predicted octanol–water partition coefficient (Wildman–Crippen LogP) is 2.56. The molecular formula is C6H4F8O3. The Hall–Kier alpha value is -1.13. The highest BCUT2D eigenvalue weighted by Gasteiger charge is 2.78. The van der Waals surface area contributed by atoms with Gasteiger partial charge in [0.05, 0.1) is 0 Å². The average molecular weight is 276 g/mol. The van der Waals surface area contributed by atoms with Crippen LogP contribution in [-0.4, -0.2) is 35.1 Å². The molecule has 0 amide bonds. The molecule has 0 aliphatic heterocycles. The van der Waals surface area contributed by atoms with Crippen LogP contribution in [0.15, 0.2) is 0 Å². The number of carboxylic acid groups (broad SMARTS) is 1. The van der Waals surface area contributed by atoms with Gasteiger partial charge in [-0.1, -0.05) is 0 Å². The van der Waals surface area contributed by atoms with Crippen molar-refractivity contribution in [3.05, 3.63) is 0 Å². The molecule has 0 fully saturated rings. The van der Waals surface area contributed by atoms with Gasteiger partial charge in [-0.05, 0) is 0 Å². The lowest BCUT2D eigenvalue weighted by atomic mass is 10.1. The summed E-state index contributed by atoms with van der Waals surface area (Å²) in [6.07, 6.45) is -11.2. The van der Waals surface area contributed by atoms with E-state index in [1.54, 1.807) is 0 Å². The van der Waals surface area contributed by atoms with Crippen molar-refractivity contribution in [1.82, 2.24) is 0 Å². The minimum absolute atomic E-state index is 0.407. The Bertz CT molecular complexity index is 307. The Balaban J connectivity index is 5.37. The van der Waals surface area contributed by atoms with Crippen LogP contribution in [0.1, 0.15) is 6.92 Å². The standard InChI is InChI=1S/C6H4F8O3/c1-3(7,8)17-6(13,14)5(11,12)4(9,10)2(15)16/h1H3,(H,15,16). The maximum Gasteiger partial charge on any atom is 0.430 e. The quantitative estimate of drug-likeness (QED) is 0.785. The molecule has 0 aromatic carbocycles. The molecule has 0 bridgehead atoms. The summed E-state index contributed by atoms with van der Waals surface area (Å²) in [5.74, 6) is -16.5. The van der Waals surface area contributed by atoms with E-state index in [-0.39, 0.29) is 0 Å². The highest BCUT2D eigenvalue weighted by atomic mass is 19.4. The number of ether oxygens (including phenoxy) is 1. The first-order valence-corrected chi connectivity index (χ1v) is 3.60. The van der Waals surface area contributed by atoms with E-state index in [1.807, 2.05) is 0 Å². The zero-order valence-corrected chi connectivity index (χ0v) is 7.79. The smallest absolute Gasteiger partial charge is 0.430 e. The van der Waals surface area contributed by atoms with Crippen molar-refractivity contribution in [2.24, 2.45) is 0 Å². The van der Waals surface area contributed by atoms with Crippen LogP contribution in [0.5, 0.6) is 0 Å². The molecule has 0 aliphatic rings. The lowest BCUT2D eigenvalue weighted by molar-refractivity contribution is -0.449. The van der Waals surface area contributed by atoms with Crippen LogP contribution < -0.4 is 0 Å². The monoisotopic (exact) mass is 276 g/mol. The zero-order valence-electron chi connectivity index (χ0n) is 7.79. The first-order chi connectivity index (χ1) is 7.15. The van der Waals surface area contributed by atoms with Crippen molar-refractivity contribution in [3.63, 3.8) is 0 Å². The maximum atomic E-state index is 12.4. The number of carboxylic acids is 1. The number of hydrogen-bond acceptors (Lipinski definition) is 2. The van der Waals surface area contributed by atoms with Gasteiger partial charge in [-0.25, -0.2) is 4.79 Å². The molecule has 0 saturated carbocycles. The maximum absolute atomic E-state index is 12.4. The highest BCUT2D eigenvalue weighted by molar-refractivity contribution is 5.76. The van der Waals surface area contributed by atoms with Gasteiger partial charge in [0.2, 0.25) is 0 Å². The molecule has 102 valence electrons. The van der Waals surface area contributed by atoms with Crippen LogP contribution in [0.25, 0.3) is 0 Å². The fourth-order valence-electron chi connectivity index (χ4n) is 0.606. The molecule has 3 nitrogen and oxygen atoms in total. The number of aliphatic carboxylic acids is 1. The van der Waals surface area contributed by atoms with E-state index in [0.29, 0.717) is 0 Å². The van der Waals surface area contributed by atoms with Gasteiger partial charge in [0.25, 0.3) is 0 Å². The average Bonchev–Trinajstić information content (AvgIpc) is 1.98. The second-order valence-corrected chi connectivity index (χ2v) is 2.88. The molecule has 0 heterocycles. The molecule has 0 atom stereocenters. The summed E-state index contributed by atoms with van der Waals surface area (Å²) in [7, 11) is 0. The number of rotatable bonds is 5. The molecule has 0 radical (unpaired) electrons. The van der Waals surface area contributed by atoms with E-state index in [9.17, 15) is 39.9 Å². The van der Waals surface area contributed by atoms with Crippen molar-refractivity contribution < 1.29 is 49.8 Å². The van der Waals surface area contributed by atoms with Crippen molar-refractivity contribution in [3.8, 4) is 0 Å². The molecule has 0 aliphatic carbocycles. The summed E-state index contributed by atoms with van der Waals surface area (Å²) < 4.78 is 100. The van der Waals surface area contributed by atoms with Crippen LogP contribution >= 0.6 is 0 Å². The largest absolute Gasteiger partial charge is 0.477 e. The van der Waals surface area contributed by atoms with Gasteiger partial charge < -0.3 is 5.11 Å². The van der Waals surface area contributed by atoms with Gasteiger partial charge in [0, 0.05) is 6.92 Å². The summed E-state index contributed by atoms with van der Waals surface area (Å²) >= 11 is 0. The molecule has 0 spiro atoms. The Morgan fingerprint density at radius 2 is 1.35 bits per heavy atom. The number of carbonyl (C=O) groups is 1. The van der Waals surface area contributed by atoms with Crippen LogP contribution in [0.2, 0.25) is 0 Å². The van der Waals surface area contributed by atoms with Crippen molar-refractivity contribution in [2.75, 3.05) is 0 Å². The zero-order chi connectivity index (χ0) is 14.3. The first kappa shape index (κ1) is 15.9. The van der Waals surface area contributed by atoms with Gasteiger partial charge >= 0.3 is 30.0 Å². The number of alkyl halides is 8. The third-order valence-corrected chi connectivity index (χ3v) is 1.34. The number of hydrogen-bond donors (Lipinski definition) is 1. The van der Waals surface area contributed by atoms with E-state index in [1.165, 1.54) is 0 Å². The molecule has 11 heteroatoms. The first-order valence-electron chi connectivity index (χ1n) is 3.60. The van der Waals surface area contributed by atoms with Gasteiger partial charge in [-0.3, -0.25) is 4.74 Å². The second kappa shape index (κ2) is 3.96. The summed E-state index contributed by atoms with van der Waals surface area (Å²) in [6.45, 7) is -0.407. The minimum Gasteiger partial charge on any atom is -0.477 e. The third-order valence-electron chi connectivity index (χ3n) is 1.34. The van der Waals surface area contributed by atoms with Crippen molar-refractivity contribution >= 4 is 5.97 Å². The van der Waals surface area contributed by atoms with Gasteiger partial charge in [0.15, 0.2) is 0 Å². The van der Waals surface area contributed by atoms with Crippen LogP contribution in [0.4, 0.5) is 35.1 Å². The number of halogens is 8. The molecule has 0 saturated heterocycles. The van der Waals surface area contributed by atoms with Crippen molar-refractivity contribution in [2.45, 2.75) is 31.0 Å². The summed E-state index contributed by atoms with van der Waals surface area (Å²) in [6, 6.07) is 0. The lowest BCUT2D eigenvalue weighted by Gasteiger charge is -2.31. The third kappa shape index (κ3) is 2.96. The molecule has 0 aromatic rings.